The molecule has 1 fully saturated rings. The minimum Gasteiger partial charge on any atom is -0.497 e. The van der Waals surface area contributed by atoms with Crippen molar-refractivity contribution in [1.82, 2.24) is 25.5 Å². The number of likely N-dealkylation sites (N-methyl/N-ethyl adjacent to an activating group) is 1. The number of likely N-dealkylation sites (tertiary alicyclic amines) is 1. The Balaban J connectivity index is 1.52. The van der Waals surface area contributed by atoms with Crippen molar-refractivity contribution in [3.8, 4) is 5.75 Å². The maximum atomic E-state index is 12.8. The van der Waals surface area contributed by atoms with E-state index in [1.165, 1.54) is 0 Å². The maximum absolute atomic E-state index is 12.8. The quantitative estimate of drug-likeness (QED) is 0.586. The number of carbonyl (C=O) groups excluding carboxylic acids is 1. The Bertz CT molecular complexity index is 952. The van der Waals surface area contributed by atoms with Gasteiger partial charge in [-0.1, -0.05) is 24.3 Å². The predicted molar refractivity (Wildman–Crippen MR) is 118 cm³/mol. The summed E-state index contributed by atoms with van der Waals surface area (Å²) in [6.45, 7) is 1.96. The Kier molecular flexibility index (Phi) is 6.18. The third-order valence-electron chi connectivity index (χ3n) is 5.60. The zero-order valence-corrected chi connectivity index (χ0v) is 17.5. The van der Waals surface area contributed by atoms with Crippen LogP contribution in [0.3, 0.4) is 0 Å². The van der Waals surface area contributed by atoms with Crippen LogP contribution >= 0.6 is 0 Å². The van der Waals surface area contributed by atoms with Crippen LogP contribution in [0.1, 0.15) is 30.3 Å². The Morgan fingerprint density at radius 2 is 2.07 bits per heavy atom. The molecule has 2 atom stereocenters. The summed E-state index contributed by atoms with van der Waals surface area (Å²) in [5, 5.41) is 6.27. The fourth-order valence-corrected chi connectivity index (χ4v) is 4.02. The Labute approximate surface area is 176 Å². The lowest BCUT2D eigenvalue weighted by Crippen LogP contribution is -2.50. The number of urea groups is 1. The molecule has 7 heteroatoms. The number of carbonyl (C=O) groups is 1. The van der Waals surface area contributed by atoms with Gasteiger partial charge in [0.05, 0.1) is 24.2 Å². The number of rotatable bonds is 6. The zero-order valence-electron chi connectivity index (χ0n) is 17.5. The molecule has 0 spiro atoms. The summed E-state index contributed by atoms with van der Waals surface area (Å²) in [4.78, 5) is 23.1. The third-order valence-corrected chi connectivity index (χ3v) is 5.60. The number of nitrogens with zero attached hydrogens (tertiary/aromatic N) is 2. The molecule has 7 nitrogen and oxygen atoms in total. The fraction of sp³-hybridized carbons (Fsp3) is 0.391. The monoisotopic (exact) mass is 407 g/mol. The van der Waals surface area contributed by atoms with Crippen LogP contribution in [-0.2, 0) is 6.42 Å². The number of hydrogen-bond acceptors (Lipinski definition) is 4. The number of H-pyrrole nitrogens is 1. The van der Waals surface area contributed by atoms with E-state index in [0.29, 0.717) is 6.42 Å². The number of hydrogen-bond donors (Lipinski definition) is 3. The molecule has 2 heterocycles. The van der Waals surface area contributed by atoms with E-state index in [4.69, 9.17) is 9.72 Å². The summed E-state index contributed by atoms with van der Waals surface area (Å²) >= 11 is 0. The van der Waals surface area contributed by atoms with Crippen LogP contribution in [-0.4, -0.2) is 54.2 Å². The summed E-state index contributed by atoms with van der Waals surface area (Å²) in [5.74, 6) is 1.56. The lowest BCUT2D eigenvalue weighted by molar-refractivity contribution is 0.206. The molecule has 1 unspecified atom stereocenters. The standard InChI is InChI=1S/C23H29N5O2/c1-28-13-5-6-17(15-28)24-23(29)27-21(14-16-9-11-18(30-2)12-10-16)22-25-19-7-3-4-8-20(19)26-22/h3-4,7-12,17,21H,5-6,13-15H2,1-2H3,(H,25,26)(H2,24,27,29)/t17?,21-/m1/s1. The molecule has 1 saturated heterocycles. The number of aromatic amines is 1. The van der Waals surface area contributed by atoms with Gasteiger partial charge in [0.25, 0.3) is 0 Å². The number of amides is 2. The average molecular weight is 408 g/mol. The number of nitrogens with one attached hydrogen (secondary N) is 3. The predicted octanol–water partition coefficient (Wildman–Crippen LogP) is 3.25. The molecule has 2 aromatic carbocycles. The van der Waals surface area contributed by atoms with Gasteiger partial charge >= 0.3 is 6.03 Å². The normalized spacial score (nSPS) is 18.1. The van der Waals surface area contributed by atoms with Gasteiger partial charge < -0.3 is 25.3 Å². The van der Waals surface area contributed by atoms with Gasteiger partial charge in [0, 0.05) is 12.6 Å². The van der Waals surface area contributed by atoms with Crippen LogP contribution in [0.15, 0.2) is 48.5 Å². The fourth-order valence-electron chi connectivity index (χ4n) is 4.02. The largest absolute Gasteiger partial charge is 0.497 e. The first-order valence-corrected chi connectivity index (χ1v) is 10.4. The highest BCUT2D eigenvalue weighted by Gasteiger charge is 2.23. The topological polar surface area (TPSA) is 82.3 Å². The zero-order chi connectivity index (χ0) is 20.9. The molecular weight excluding hydrogens is 378 g/mol. The first-order valence-electron chi connectivity index (χ1n) is 10.4. The van der Waals surface area contributed by atoms with Gasteiger partial charge in [-0.25, -0.2) is 9.78 Å². The second kappa shape index (κ2) is 9.17. The molecular formula is C23H29N5O2. The second-order valence-electron chi connectivity index (χ2n) is 7.96. The van der Waals surface area contributed by atoms with E-state index in [1.54, 1.807) is 7.11 Å². The molecule has 1 aliphatic rings. The molecule has 0 saturated carbocycles. The Morgan fingerprint density at radius 1 is 1.27 bits per heavy atom. The number of piperidine rings is 1. The van der Waals surface area contributed by atoms with Crippen molar-refractivity contribution in [1.29, 1.82) is 0 Å². The highest BCUT2D eigenvalue weighted by atomic mass is 16.5. The Hall–Kier alpha value is -3.06. The lowest BCUT2D eigenvalue weighted by Gasteiger charge is -2.30. The van der Waals surface area contributed by atoms with Crippen LogP contribution in [0.5, 0.6) is 5.75 Å². The smallest absolute Gasteiger partial charge is 0.315 e. The number of imidazole rings is 1. The van der Waals surface area contributed by atoms with Gasteiger partial charge in [-0.3, -0.25) is 0 Å². The highest BCUT2D eigenvalue weighted by Crippen LogP contribution is 2.21. The molecule has 1 aromatic heterocycles. The number of methoxy groups -OCH3 is 1. The van der Waals surface area contributed by atoms with E-state index in [9.17, 15) is 4.79 Å². The molecule has 0 aliphatic carbocycles. The van der Waals surface area contributed by atoms with E-state index < -0.39 is 0 Å². The van der Waals surface area contributed by atoms with Crippen molar-refractivity contribution >= 4 is 17.1 Å². The van der Waals surface area contributed by atoms with Crippen LogP contribution in [0.4, 0.5) is 4.79 Å². The minimum absolute atomic E-state index is 0.158. The Morgan fingerprint density at radius 3 is 2.80 bits per heavy atom. The van der Waals surface area contributed by atoms with Crippen molar-refractivity contribution in [2.24, 2.45) is 0 Å². The van der Waals surface area contributed by atoms with Crippen LogP contribution in [0.2, 0.25) is 0 Å². The van der Waals surface area contributed by atoms with Crippen LogP contribution in [0, 0.1) is 0 Å². The number of fused-ring (bicyclic) bond motifs is 1. The summed E-state index contributed by atoms with van der Waals surface area (Å²) in [5.41, 5.74) is 2.95. The molecule has 2 amide bonds. The van der Waals surface area contributed by atoms with Crippen LogP contribution < -0.4 is 15.4 Å². The molecule has 1 aliphatic heterocycles. The van der Waals surface area contributed by atoms with Crippen LogP contribution in [0.25, 0.3) is 11.0 Å². The van der Waals surface area contributed by atoms with E-state index in [0.717, 1.165) is 54.1 Å². The third kappa shape index (κ3) is 4.91. The molecule has 0 radical (unpaired) electrons. The summed E-state index contributed by atoms with van der Waals surface area (Å²) in [6.07, 6.45) is 2.73. The van der Waals surface area contributed by atoms with E-state index in [1.807, 2.05) is 48.5 Å². The van der Waals surface area contributed by atoms with E-state index in [-0.39, 0.29) is 18.1 Å². The van der Waals surface area contributed by atoms with Gasteiger partial charge in [-0.05, 0) is 62.7 Å². The lowest BCUT2D eigenvalue weighted by atomic mass is 10.0. The molecule has 3 aromatic rings. The summed E-state index contributed by atoms with van der Waals surface area (Å²) in [7, 11) is 3.74. The van der Waals surface area contributed by atoms with Gasteiger partial charge in [-0.15, -0.1) is 0 Å². The maximum Gasteiger partial charge on any atom is 0.315 e. The summed E-state index contributed by atoms with van der Waals surface area (Å²) in [6, 6.07) is 15.5. The number of benzene rings is 2. The number of aromatic nitrogens is 2. The van der Waals surface area contributed by atoms with E-state index >= 15 is 0 Å². The van der Waals surface area contributed by atoms with Gasteiger partial charge in [0.2, 0.25) is 0 Å². The van der Waals surface area contributed by atoms with Crippen molar-refractivity contribution in [2.45, 2.75) is 31.3 Å². The van der Waals surface area contributed by atoms with E-state index in [2.05, 4.69) is 27.6 Å². The van der Waals surface area contributed by atoms with Gasteiger partial charge in [0.1, 0.15) is 11.6 Å². The van der Waals surface area contributed by atoms with Gasteiger partial charge in [0.15, 0.2) is 0 Å². The first-order chi connectivity index (χ1) is 14.6. The SMILES string of the molecule is COc1ccc(C[C@@H](NC(=O)NC2CCCN(C)C2)c2nc3ccccc3[nH]2)cc1. The molecule has 158 valence electrons. The second-order valence-corrected chi connectivity index (χ2v) is 7.96. The van der Waals surface area contributed by atoms with Crippen molar-refractivity contribution in [3.63, 3.8) is 0 Å². The molecule has 30 heavy (non-hydrogen) atoms. The van der Waals surface area contributed by atoms with Gasteiger partial charge in [-0.2, -0.15) is 0 Å². The van der Waals surface area contributed by atoms with Crippen molar-refractivity contribution in [3.05, 3.63) is 59.9 Å². The van der Waals surface area contributed by atoms with Crippen molar-refractivity contribution in [2.75, 3.05) is 27.2 Å². The van der Waals surface area contributed by atoms with Crippen molar-refractivity contribution < 1.29 is 9.53 Å². The highest BCUT2D eigenvalue weighted by molar-refractivity contribution is 5.76. The number of para-hydroxylation sites is 2. The first kappa shape index (κ1) is 20.2. The summed E-state index contributed by atoms with van der Waals surface area (Å²) < 4.78 is 5.25. The molecule has 0 bridgehead atoms. The molecule has 3 N–H and O–H groups in total. The average Bonchev–Trinajstić information content (AvgIpc) is 3.18. The minimum atomic E-state index is -0.271. The number of ether oxygens (including phenoxy) is 1. The molecule has 4 rings (SSSR count).